The van der Waals surface area contributed by atoms with E-state index in [4.69, 9.17) is 21.1 Å². The zero-order valence-electron chi connectivity index (χ0n) is 16.4. The highest BCUT2D eigenvalue weighted by Crippen LogP contribution is 2.35. The van der Waals surface area contributed by atoms with Crippen LogP contribution in [0.25, 0.3) is 0 Å². The van der Waals surface area contributed by atoms with E-state index in [1.807, 2.05) is 37.8 Å². The van der Waals surface area contributed by atoms with Crippen LogP contribution in [0.4, 0.5) is 4.79 Å². The van der Waals surface area contributed by atoms with Gasteiger partial charge in [0.15, 0.2) is 0 Å². The summed E-state index contributed by atoms with van der Waals surface area (Å²) in [5.74, 6) is 0.0542. The first-order valence-corrected chi connectivity index (χ1v) is 9.67. The minimum Gasteiger partial charge on any atom is -0.444 e. The van der Waals surface area contributed by atoms with Crippen molar-refractivity contribution in [3.63, 3.8) is 0 Å². The molecular formula is C20H27ClN2O4. The largest absolute Gasteiger partial charge is 0.444 e. The fourth-order valence-corrected chi connectivity index (χ4v) is 3.91. The molecule has 0 bridgehead atoms. The average molecular weight is 395 g/mol. The summed E-state index contributed by atoms with van der Waals surface area (Å²) in [5, 5.41) is 0.601. The Hall–Kier alpha value is -1.79. The molecule has 2 heterocycles. The summed E-state index contributed by atoms with van der Waals surface area (Å²) in [4.78, 5) is 28.1. The Morgan fingerprint density at radius 2 is 2.00 bits per heavy atom. The molecular weight excluding hydrogens is 368 g/mol. The maximum Gasteiger partial charge on any atom is 0.410 e. The van der Waals surface area contributed by atoms with Crippen LogP contribution >= 0.6 is 11.6 Å². The summed E-state index contributed by atoms with van der Waals surface area (Å²) in [7, 11) is 0. The molecule has 27 heavy (non-hydrogen) atoms. The molecule has 0 aliphatic carbocycles. The van der Waals surface area contributed by atoms with E-state index < -0.39 is 5.60 Å². The standard InChI is InChI=1S/C20H27ClN2O4/c1-13(24)22-6-5-16-14(11-22)9-15(21)10-17(16)18-12-26-8-7-23(18)19(25)27-20(2,3)4/h9-10,18H,5-8,11-12H2,1-4H3/t18-/m1/s1. The molecule has 7 heteroatoms. The summed E-state index contributed by atoms with van der Waals surface area (Å²) >= 11 is 6.38. The van der Waals surface area contributed by atoms with Gasteiger partial charge in [0.25, 0.3) is 0 Å². The van der Waals surface area contributed by atoms with Crippen molar-refractivity contribution in [2.45, 2.75) is 52.3 Å². The second-order valence-corrected chi connectivity index (χ2v) is 8.52. The van der Waals surface area contributed by atoms with Crippen LogP contribution in [-0.4, -0.2) is 53.7 Å². The van der Waals surface area contributed by atoms with Gasteiger partial charge in [0.1, 0.15) is 5.60 Å². The molecule has 0 unspecified atom stereocenters. The van der Waals surface area contributed by atoms with Crippen molar-refractivity contribution in [3.8, 4) is 0 Å². The van der Waals surface area contributed by atoms with E-state index in [2.05, 4.69) is 0 Å². The number of rotatable bonds is 1. The number of morpholine rings is 1. The molecule has 0 saturated carbocycles. The Morgan fingerprint density at radius 3 is 2.67 bits per heavy atom. The van der Waals surface area contributed by atoms with Crippen LogP contribution in [0.2, 0.25) is 5.02 Å². The Balaban J connectivity index is 1.94. The fraction of sp³-hybridized carbons (Fsp3) is 0.600. The summed E-state index contributed by atoms with van der Waals surface area (Å²) < 4.78 is 11.3. The van der Waals surface area contributed by atoms with Crippen molar-refractivity contribution in [3.05, 3.63) is 33.8 Å². The van der Waals surface area contributed by atoms with E-state index in [0.29, 0.717) is 37.9 Å². The molecule has 1 aromatic carbocycles. The third-order valence-electron chi connectivity index (χ3n) is 4.90. The average Bonchev–Trinajstić information content (AvgIpc) is 2.58. The maximum atomic E-state index is 12.8. The zero-order valence-corrected chi connectivity index (χ0v) is 17.1. The summed E-state index contributed by atoms with van der Waals surface area (Å²) in [6, 6.07) is 3.59. The van der Waals surface area contributed by atoms with Crippen LogP contribution in [0.5, 0.6) is 0 Å². The topological polar surface area (TPSA) is 59.1 Å². The molecule has 1 fully saturated rings. The van der Waals surface area contributed by atoms with Gasteiger partial charge in [-0.25, -0.2) is 4.79 Å². The molecule has 3 rings (SSSR count). The van der Waals surface area contributed by atoms with E-state index in [9.17, 15) is 9.59 Å². The number of carbonyl (C=O) groups excluding carboxylic acids is 2. The number of halogens is 1. The second kappa shape index (κ2) is 7.68. The number of carbonyl (C=O) groups is 2. The molecule has 148 valence electrons. The highest BCUT2D eigenvalue weighted by molar-refractivity contribution is 6.30. The van der Waals surface area contributed by atoms with Gasteiger partial charge in [-0.2, -0.15) is 0 Å². The number of fused-ring (bicyclic) bond motifs is 1. The van der Waals surface area contributed by atoms with Crippen molar-refractivity contribution in [2.24, 2.45) is 0 Å². The van der Waals surface area contributed by atoms with Gasteiger partial charge < -0.3 is 14.4 Å². The smallest absolute Gasteiger partial charge is 0.410 e. The minimum absolute atomic E-state index is 0.0542. The van der Waals surface area contributed by atoms with Gasteiger partial charge in [0.05, 0.1) is 19.3 Å². The molecule has 0 radical (unpaired) electrons. The molecule has 1 aromatic rings. The zero-order chi connectivity index (χ0) is 19.8. The monoisotopic (exact) mass is 394 g/mol. The Morgan fingerprint density at radius 1 is 1.26 bits per heavy atom. The predicted octanol–water partition coefficient (Wildman–Crippen LogP) is 3.55. The molecule has 0 aromatic heterocycles. The molecule has 1 saturated heterocycles. The number of hydrogen-bond acceptors (Lipinski definition) is 4. The lowest BCUT2D eigenvalue weighted by Gasteiger charge is -2.39. The van der Waals surface area contributed by atoms with Crippen molar-refractivity contribution >= 4 is 23.6 Å². The molecule has 0 spiro atoms. The lowest BCUT2D eigenvalue weighted by molar-refractivity contribution is -0.129. The van der Waals surface area contributed by atoms with Crippen LogP contribution in [0.1, 0.15) is 50.4 Å². The molecule has 6 nitrogen and oxygen atoms in total. The molecule has 2 aliphatic heterocycles. The normalized spacial score (nSPS) is 20.3. The van der Waals surface area contributed by atoms with Crippen molar-refractivity contribution < 1.29 is 19.1 Å². The van der Waals surface area contributed by atoms with Gasteiger partial charge in [0, 0.05) is 31.6 Å². The van der Waals surface area contributed by atoms with Crippen LogP contribution in [0, 0.1) is 0 Å². The van der Waals surface area contributed by atoms with Gasteiger partial charge in [-0.3, -0.25) is 9.69 Å². The highest BCUT2D eigenvalue weighted by Gasteiger charge is 2.34. The van der Waals surface area contributed by atoms with Crippen LogP contribution < -0.4 is 0 Å². The highest BCUT2D eigenvalue weighted by atomic mass is 35.5. The number of nitrogens with zero attached hydrogens (tertiary/aromatic N) is 2. The summed E-state index contributed by atoms with van der Waals surface area (Å²) in [6.07, 6.45) is 0.394. The van der Waals surface area contributed by atoms with Crippen molar-refractivity contribution in [1.82, 2.24) is 9.80 Å². The SMILES string of the molecule is CC(=O)N1CCc2c(cc(Cl)cc2[C@H]2COCCN2C(=O)OC(C)(C)C)C1. The minimum atomic E-state index is -0.560. The molecule has 2 aliphatic rings. The third kappa shape index (κ3) is 4.55. The van der Waals surface area contributed by atoms with Gasteiger partial charge in [0.2, 0.25) is 5.91 Å². The fourth-order valence-electron chi connectivity index (χ4n) is 3.66. The van der Waals surface area contributed by atoms with E-state index in [-0.39, 0.29) is 18.0 Å². The van der Waals surface area contributed by atoms with Gasteiger partial charge in [-0.15, -0.1) is 0 Å². The van der Waals surface area contributed by atoms with Gasteiger partial charge >= 0.3 is 6.09 Å². The number of amides is 2. The lowest BCUT2D eigenvalue weighted by Crippen LogP contribution is -2.46. The van der Waals surface area contributed by atoms with E-state index in [0.717, 1.165) is 23.1 Å². The van der Waals surface area contributed by atoms with Crippen molar-refractivity contribution in [2.75, 3.05) is 26.3 Å². The molecule has 1 atom stereocenters. The molecule has 2 amide bonds. The van der Waals surface area contributed by atoms with Gasteiger partial charge in [-0.1, -0.05) is 11.6 Å². The first-order valence-electron chi connectivity index (χ1n) is 9.30. The van der Waals surface area contributed by atoms with Crippen LogP contribution in [0.15, 0.2) is 12.1 Å². The van der Waals surface area contributed by atoms with E-state index in [1.165, 1.54) is 0 Å². The first-order chi connectivity index (χ1) is 12.7. The number of benzene rings is 1. The first kappa shape index (κ1) is 20.0. The molecule has 0 N–H and O–H groups in total. The van der Waals surface area contributed by atoms with E-state index >= 15 is 0 Å². The Labute approximate surface area is 165 Å². The third-order valence-corrected chi connectivity index (χ3v) is 5.11. The maximum absolute atomic E-state index is 12.8. The summed E-state index contributed by atoms with van der Waals surface area (Å²) in [6.45, 7) is 9.72. The van der Waals surface area contributed by atoms with E-state index in [1.54, 1.807) is 11.8 Å². The number of hydrogen-bond donors (Lipinski definition) is 0. The summed E-state index contributed by atoms with van der Waals surface area (Å²) in [5.41, 5.74) is 2.62. The Bertz CT molecular complexity index is 744. The van der Waals surface area contributed by atoms with Crippen molar-refractivity contribution in [1.29, 1.82) is 0 Å². The second-order valence-electron chi connectivity index (χ2n) is 8.09. The Kier molecular flexibility index (Phi) is 5.68. The lowest BCUT2D eigenvalue weighted by atomic mass is 9.90. The number of ether oxygens (including phenoxy) is 2. The van der Waals surface area contributed by atoms with Crippen LogP contribution in [0.3, 0.4) is 0 Å². The van der Waals surface area contributed by atoms with Gasteiger partial charge in [-0.05, 0) is 56.0 Å². The predicted molar refractivity (Wildman–Crippen MR) is 103 cm³/mol. The van der Waals surface area contributed by atoms with Crippen LogP contribution in [-0.2, 0) is 27.2 Å². The quantitative estimate of drug-likeness (QED) is 0.730.